The van der Waals surface area contributed by atoms with Crippen molar-refractivity contribution in [1.82, 2.24) is 9.97 Å². The number of aromatic nitrogens is 2. The number of anilines is 2. The van der Waals surface area contributed by atoms with E-state index in [1.165, 1.54) is 30.6 Å². The van der Waals surface area contributed by atoms with Gasteiger partial charge in [0.1, 0.15) is 17.3 Å². The van der Waals surface area contributed by atoms with Gasteiger partial charge in [-0.25, -0.2) is 9.37 Å². The minimum absolute atomic E-state index is 0.180. The van der Waals surface area contributed by atoms with Crippen molar-refractivity contribution in [3.05, 3.63) is 46.6 Å². The lowest BCUT2D eigenvalue weighted by molar-refractivity contribution is 0.102. The predicted molar refractivity (Wildman–Crippen MR) is 78.2 cm³/mol. The largest absolute Gasteiger partial charge is 0.369 e. The van der Waals surface area contributed by atoms with Gasteiger partial charge in [-0.1, -0.05) is 0 Å². The molecule has 0 unspecified atom stereocenters. The number of amides is 1. The van der Waals surface area contributed by atoms with E-state index in [1.54, 1.807) is 0 Å². The molecule has 2 N–H and O–H groups in total. The van der Waals surface area contributed by atoms with Crippen LogP contribution in [0.15, 0.2) is 35.1 Å². The van der Waals surface area contributed by atoms with Crippen LogP contribution in [0.25, 0.3) is 0 Å². The lowest BCUT2D eigenvalue weighted by atomic mass is 10.3. The Balaban J connectivity index is 2.17. The van der Waals surface area contributed by atoms with Gasteiger partial charge in [-0.2, -0.15) is 0 Å². The molecule has 5 nitrogen and oxygen atoms in total. The normalized spacial score (nSPS) is 10.2. The zero-order valence-corrected chi connectivity index (χ0v) is 12.2. The third-order valence-electron chi connectivity index (χ3n) is 2.40. The highest BCUT2D eigenvalue weighted by Crippen LogP contribution is 2.23. The molecule has 2 aromatic rings. The molecule has 104 valence electrons. The first-order valence-electron chi connectivity index (χ1n) is 5.92. The molecule has 0 aliphatic rings. The molecule has 0 aliphatic carbocycles. The van der Waals surface area contributed by atoms with Gasteiger partial charge < -0.3 is 10.6 Å². The number of carbonyl (C=O) groups is 1. The maximum atomic E-state index is 13.0. The third-order valence-corrected chi connectivity index (χ3v) is 3.06. The molecule has 1 aromatic heterocycles. The Kier molecular flexibility index (Phi) is 4.62. The summed E-state index contributed by atoms with van der Waals surface area (Å²) in [6, 6.07) is 4.01. The van der Waals surface area contributed by atoms with E-state index in [2.05, 4.69) is 36.5 Å². The fourth-order valence-corrected chi connectivity index (χ4v) is 1.97. The molecule has 2 rings (SSSR count). The van der Waals surface area contributed by atoms with Crippen molar-refractivity contribution in [1.29, 1.82) is 0 Å². The quantitative estimate of drug-likeness (QED) is 0.898. The van der Waals surface area contributed by atoms with Gasteiger partial charge in [0.2, 0.25) is 0 Å². The van der Waals surface area contributed by atoms with Crippen molar-refractivity contribution in [2.24, 2.45) is 0 Å². The van der Waals surface area contributed by atoms with Crippen molar-refractivity contribution >= 4 is 33.3 Å². The van der Waals surface area contributed by atoms with E-state index in [9.17, 15) is 9.18 Å². The van der Waals surface area contributed by atoms with Crippen molar-refractivity contribution in [2.75, 3.05) is 17.2 Å². The molecule has 0 radical (unpaired) electrons. The number of hydrogen-bond donors (Lipinski definition) is 2. The molecule has 1 amide bonds. The average Bonchev–Trinajstić information content (AvgIpc) is 2.42. The summed E-state index contributed by atoms with van der Waals surface area (Å²) in [5.41, 5.74) is 0.645. The summed E-state index contributed by atoms with van der Waals surface area (Å²) in [4.78, 5) is 20.1. The third kappa shape index (κ3) is 3.51. The molecule has 1 heterocycles. The molecule has 0 bridgehead atoms. The van der Waals surface area contributed by atoms with Crippen LogP contribution in [-0.4, -0.2) is 22.4 Å². The van der Waals surface area contributed by atoms with Gasteiger partial charge in [0.05, 0.1) is 18.1 Å². The Labute approximate surface area is 123 Å². The highest BCUT2D eigenvalue weighted by molar-refractivity contribution is 9.10. The van der Waals surface area contributed by atoms with Gasteiger partial charge in [0.15, 0.2) is 0 Å². The molecule has 0 fully saturated rings. The Bertz CT molecular complexity index is 636. The summed E-state index contributed by atoms with van der Waals surface area (Å²) in [6.45, 7) is 2.60. The first-order valence-corrected chi connectivity index (χ1v) is 6.71. The first kappa shape index (κ1) is 14.4. The van der Waals surface area contributed by atoms with Crippen LogP contribution in [-0.2, 0) is 0 Å². The second-order valence-corrected chi connectivity index (χ2v) is 4.75. The smallest absolute Gasteiger partial charge is 0.275 e. The van der Waals surface area contributed by atoms with Crippen LogP contribution in [0.2, 0.25) is 0 Å². The summed E-state index contributed by atoms with van der Waals surface area (Å²) in [6.07, 6.45) is 2.90. The van der Waals surface area contributed by atoms with Gasteiger partial charge in [0.25, 0.3) is 5.91 Å². The van der Waals surface area contributed by atoms with Gasteiger partial charge in [-0.15, -0.1) is 0 Å². The van der Waals surface area contributed by atoms with Crippen LogP contribution in [0, 0.1) is 5.82 Å². The fraction of sp³-hybridized carbons (Fsp3) is 0.154. The zero-order chi connectivity index (χ0) is 14.5. The van der Waals surface area contributed by atoms with E-state index in [0.29, 0.717) is 22.5 Å². The fourth-order valence-electron chi connectivity index (χ4n) is 1.52. The molecule has 1 aromatic carbocycles. The first-order chi connectivity index (χ1) is 9.60. The number of nitrogens with one attached hydrogen (secondary N) is 2. The van der Waals surface area contributed by atoms with E-state index in [4.69, 9.17) is 0 Å². The lowest BCUT2D eigenvalue weighted by Gasteiger charge is -2.08. The average molecular weight is 339 g/mol. The summed E-state index contributed by atoms with van der Waals surface area (Å²) < 4.78 is 13.4. The van der Waals surface area contributed by atoms with Crippen molar-refractivity contribution < 1.29 is 9.18 Å². The Morgan fingerprint density at radius 2 is 2.20 bits per heavy atom. The summed E-state index contributed by atoms with van der Waals surface area (Å²) in [5, 5.41) is 5.61. The van der Waals surface area contributed by atoms with Gasteiger partial charge >= 0.3 is 0 Å². The molecule has 0 atom stereocenters. The van der Waals surface area contributed by atoms with Crippen LogP contribution < -0.4 is 10.6 Å². The van der Waals surface area contributed by atoms with Crippen LogP contribution >= 0.6 is 15.9 Å². The number of carbonyl (C=O) groups excluding carboxylic acids is 1. The SMILES string of the molecule is CCNc1cncc(C(=O)Nc2ccc(F)cc2Br)n1. The Hall–Kier alpha value is -2.02. The van der Waals surface area contributed by atoms with E-state index >= 15 is 0 Å². The number of rotatable bonds is 4. The Morgan fingerprint density at radius 1 is 1.40 bits per heavy atom. The van der Waals surface area contributed by atoms with Gasteiger partial charge in [0, 0.05) is 11.0 Å². The number of benzene rings is 1. The van der Waals surface area contributed by atoms with E-state index in [-0.39, 0.29) is 11.5 Å². The van der Waals surface area contributed by atoms with E-state index in [0.717, 1.165) is 0 Å². The summed E-state index contributed by atoms with van der Waals surface area (Å²) in [5.74, 6) is -0.272. The highest BCUT2D eigenvalue weighted by Gasteiger charge is 2.11. The van der Waals surface area contributed by atoms with Crippen LogP contribution in [0.4, 0.5) is 15.9 Å². The summed E-state index contributed by atoms with van der Waals surface area (Å²) in [7, 11) is 0. The minimum Gasteiger partial charge on any atom is -0.369 e. The standard InChI is InChI=1S/C13H12BrFN4O/c1-2-17-12-7-16-6-11(18-12)13(20)19-10-4-3-8(15)5-9(10)14/h3-7H,2H2,1H3,(H,17,18)(H,19,20). The highest BCUT2D eigenvalue weighted by atomic mass is 79.9. The topological polar surface area (TPSA) is 66.9 Å². The van der Waals surface area contributed by atoms with Crippen LogP contribution in [0.3, 0.4) is 0 Å². The second-order valence-electron chi connectivity index (χ2n) is 3.90. The van der Waals surface area contributed by atoms with Crippen LogP contribution in [0.5, 0.6) is 0 Å². The molecule has 0 saturated carbocycles. The maximum Gasteiger partial charge on any atom is 0.275 e. The lowest BCUT2D eigenvalue weighted by Crippen LogP contribution is -2.15. The molecule has 0 spiro atoms. The van der Waals surface area contributed by atoms with Crippen LogP contribution in [0.1, 0.15) is 17.4 Å². The molecule has 20 heavy (non-hydrogen) atoms. The molecular formula is C13H12BrFN4O. The summed E-state index contributed by atoms with van der Waals surface area (Å²) >= 11 is 3.18. The minimum atomic E-state index is -0.412. The maximum absolute atomic E-state index is 13.0. The monoisotopic (exact) mass is 338 g/mol. The number of hydrogen-bond acceptors (Lipinski definition) is 4. The van der Waals surface area contributed by atoms with Gasteiger partial charge in [-0.05, 0) is 41.1 Å². The predicted octanol–water partition coefficient (Wildman–Crippen LogP) is 3.06. The molecular weight excluding hydrogens is 327 g/mol. The number of halogens is 2. The molecule has 0 saturated heterocycles. The van der Waals surface area contributed by atoms with Crippen molar-refractivity contribution in [2.45, 2.75) is 6.92 Å². The second kappa shape index (κ2) is 6.42. The zero-order valence-electron chi connectivity index (χ0n) is 10.7. The van der Waals surface area contributed by atoms with Crippen molar-refractivity contribution in [3.63, 3.8) is 0 Å². The van der Waals surface area contributed by atoms with Gasteiger partial charge in [-0.3, -0.25) is 9.78 Å². The molecule has 0 aliphatic heterocycles. The van der Waals surface area contributed by atoms with E-state index in [1.807, 2.05) is 6.92 Å². The number of nitrogens with zero attached hydrogens (tertiary/aromatic N) is 2. The molecule has 7 heteroatoms. The van der Waals surface area contributed by atoms with Crippen molar-refractivity contribution in [3.8, 4) is 0 Å². The van der Waals surface area contributed by atoms with E-state index < -0.39 is 5.91 Å². The Morgan fingerprint density at radius 3 is 2.90 bits per heavy atom.